The van der Waals surface area contributed by atoms with E-state index >= 15 is 0 Å². The lowest BCUT2D eigenvalue weighted by atomic mass is 9.85. The van der Waals surface area contributed by atoms with Crippen LogP contribution in [0, 0.1) is 5.92 Å². The molecule has 0 bridgehead atoms. The largest absolute Gasteiger partial charge is 0.478 e. The van der Waals surface area contributed by atoms with E-state index in [1.54, 1.807) is 6.07 Å². The summed E-state index contributed by atoms with van der Waals surface area (Å²) in [6.07, 6.45) is 5.59. The number of nitrogens with zero attached hydrogens (tertiary/aromatic N) is 1. The number of aromatic carboxylic acids is 1. The molecule has 108 valence electrons. The Hall–Kier alpha value is -1.46. The molecule has 2 N–H and O–H groups in total. The fraction of sp³-hybridized carbons (Fsp3) is 0.600. The summed E-state index contributed by atoms with van der Waals surface area (Å²) in [5.74, 6) is -0.432. The Morgan fingerprint density at radius 2 is 2.25 bits per heavy atom. The highest BCUT2D eigenvalue weighted by molar-refractivity contribution is 5.87. The summed E-state index contributed by atoms with van der Waals surface area (Å²) >= 11 is 0. The fourth-order valence-corrected chi connectivity index (χ4v) is 3.27. The number of carboxylic acids is 1. The zero-order chi connectivity index (χ0) is 14.0. The van der Waals surface area contributed by atoms with Crippen molar-refractivity contribution in [2.24, 2.45) is 5.92 Å². The molecule has 5 heteroatoms. The maximum Gasteiger partial charge on any atom is 0.337 e. The van der Waals surface area contributed by atoms with Gasteiger partial charge in [-0.2, -0.15) is 0 Å². The number of hydrogen-bond acceptors (Lipinski definition) is 4. The molecular formula is C15H20N2O3. The quantitative estimate of drug-likeness (QED) is 0.875. The van der Waals surface area contributed by atoms with Gasteiger partial charge in [0.1, 0.15) is 0 Å². The normalized spacial score (nSPS) is 24.9. The Labute approximate surface area is 118 Å². The number of piperidine rings is 1. The molecule has 0 aliphatic carbocycles. The molecule has 0 saturated carbocycles. The van der Waals surface area contributed by atoms with Crippen molar-refractivity contribution in [1.29, 1.82) is 0 Å². The molecule has 5 nitrogen and oxygen atoms in total. The van der Waals surface area contributed by atoms with Gasteiger partial charge in [-0.3, -0.25) is 4.98 Å². The Morgan fingerprint density at radius 3 is 2.90 bits per heavy atom. The maximum atomic E-state index is 10.8. The number of carboxylic acid groups (broad SMARTS) is 1. The van der Waals surface area contributed by atoms with E-state index in [-0.39, 0.29) is 11.2 Å². The Bertz CT molecular complexity index is 480. The Balaban J connectivity index is 1.60. The van der Waals surface area contributed by atoms with Gasteiger partial charge >= 0.3 is 5.97 Å². The van der Waals surface area contributed by atoms with Crippen molar-refractivity contribution < 1.29 is 14.6 Å². The second-order valence-corrected chi connectivity index (χ2v) is 5.86. The monoisotopic (exact) mass is 276 g/mol. The van der Waals surface area contributed by atoms with Gasteiger partial charge in [-0.15, -0.1) is 0 Å². The number of nitrogens with one attached hydrogen (secondary N) is 1. The van der Waals surface area contributed by atoms with E-state index in [4.69, 9.17) is 9.84 Å². The van der Waals surface area contributed by atoms with Crippen LogP contribution < -0.4 is 5.32 Å². The van der Waals surface area contributed by atoms with E-state index in [9.17, 15) is 4.79 Å². The number of hydrogen-bond donors (Lipinski definition) is 2. The molecule has 1 spiro atoms. The molecule has 0 aromatic carbocycles. The molecule has 3 rings (SSSR count). The van der Waals surface area contributed by atoms with Gasteiger partial charge in [-0.25, -0.2) is 4.79 Å². The lowest BCUT2D eigenvalue weighted by molar-refractivity contribution is -0.0196. The minimum atomic E-state index is -0.929. The summed E-state index contributed by atoms with van der Waals surface area (Å²) in [6, 6.07) is 3.44. The van der Waals surface area contributed by atoms with Crippen molar-refractivity contribution in [3.8, 4) is 0 Å². The number of aromatic nitrogens is 1. The standard InChI is InChI=1S/C15H20N2O3/c18-14(19)12-1-2-13(17-9-12)7-11-8-15(20-10-11)3-5-16-6-4-15/h1-2,9,11,16H,3-8,10H2,(H,18,19)/t11-/m1/s1. The second kappa shape index (κ2) is 5.50. The van der Waals surface area contributed by atoms with Gasteiger partial charge in [0.25, 0.3) is 0 Å². The van der Waals surface area contributed by atoms with Crippen LogP contribution >= 0.6 is 0 Å². The third-order valence-electron chi connectivity index (χ3n) is 4.37. The van der Waals surface area contributed by atoms with E-state index in [0.717, 1.165) is 51.1 Å². The molecular weight excluding hydrogens is 256 g/mol. The van der Waals surface area contributed by atoms with Crippen LogP contribution in [0.15, 0.2) is 18.3 Å². The minimum Gasteiger partial charge on any atom is -0.478 e. The number of rotatable bonds is 3. The van der Waals surface area contributed by atoms with E-state index in [0.29, 0.717) is 5.92 Å². The zero-order valence-electron chi connectivity index (χ0n) is 11.5. The van der Waals surface area contributed by atoms with Crippen LogP contribution in [-0.2, 0) is 11.2 Å². The zero-order valence-corrected chi connectivity index (χ0v) is 11.5. The first-order chi connectivity index (χ1) is 9.67. The first-order valence-corrected chi connectivity index (χ1v) is 7.20. The van der Waals surface area contributed by atoms with Gasteiger partial charge in [0.15, 0.2) is 0 Å². The summed E-state index contributed by atoms with van der Waals surface area (Å²) in [5.41, 5.74) is 1.28. The highest BCUT2D eigenvalue weighted by Crippen LogP contribution is 2.38. The molecule has 2 aliphatic heterocycles. The fourth-order valence-electron chi connectivity index (χ4n) is 3.27. The van der Waals surface area contributed by atoms with Crippen molar-refractivity contribution in [3.63, 3.8) is 0 Å². The van der Waals surface area contributed by atoms with Crippen LogP contribution in [0.25, 0.3) is 0 Å². The van der Waals surface area contributed by atoms with Gasteiger partial charge in [0.05, 0.1) is 17.8 Å². The predicted molar refractivity (Wildman–Crippen MR) is 73.8 cm³/mol. The van der Waals surface area contributed by atoms with Gasteiger partial charge in [-0.05, 0) is 56.8 Å². The van der Waals surface area contributed by atoms with Crippen LogP contribution in [-0.4, -0.2) is 41.4 Å². The lowest BCUT2D eigenvalue weighted by Crippen LogP contribution is -2.41. The predicted octanol–water partition coefficient (Wildman–Crippen LogP) is 1.48. The molecule has 1 aromatic heterocycles. The highest BCUT2D eigenvalue weighted by Gasteiger charge is 2.40. The first-order valence-electron chi connectivity index (χ1n) is 7.20. The average molecular weight is 276 g/mol. The van der Waals surface area contributed by atoms with Crippen molar-refractivity contribution >= 4 is 5.97 Å². The lowest BCUT2D eigenvalue weighted by Gasteiger charge is -2.33. The smallest absolute Gasteiger partial charge is 0.337 e. The van der Waals surface area contributed by atoms with E-state index in [1.165, 1.54) is 6.20 Å². The summed E-state index contributed by atoms with van der Waals surface area (Å²) in [5, 5.41) is 12.2. The van der Waals surface area contributed by atoms with Crippen molar-refractivity contribution in [1.82, 2.24) is 10.3 Å². The van der Waals surface area contributed by atoms with E-state index in [1.807, 2.05) is 6.07 Å². The molecule has 2 fully saturated rings. The number of ether oxygens (including phenoxy) is 1. The van der Waals surface area contributed by atoms with E-state index < -0.39 is 5.97 Å². The van der Waals surface area contributed by atoms with Gasteiger partial charge in [0.2, 0.25) is 0 Å². The molecule has 3 heterocycles. The topological polar surface area (TPSA) is 71.5 Å². The molecule has 0 amide bonds. The second-order valence-electron chi connectivity index (χ2n) is 5.86. The molecule has 20 heavy (non-hydrogen) atoms. The first kappa shape index (κ1) is 13.5. The summed E-state index contributed by atoms with van der Waals surface area (Å²) in [6.45, 7) is 2.87. The molecule has 1 aromatic rings. The van der Waals surface area contributed by atoms with Crippen molar-refractivity contribution in [2.75, 3.05) is 19.7 Å². The Kier molecular flexibility index (Phi) is 3.72. The van der Waals surface area contributed by atoms with Gasteiger partial charge < -0.3 is 15.2 Å². The third-order valence-corrected chi connectivity index (χ3v) is 4.37. The summed E-state index contributed by atoms with van der Waals surface area (Å²) in [4.78, 5) is 15.0. The summed E-state index contributed by atoms with van der Waals surface area (Å²) in [7, 11) is 0. The molecule has 0 radical (unpaired) electrons. The van der Waals surface area contributed by atoms with Gasteiger partial charge in [-0.1, -0.05) is 0 Å². The van der Waals surface area contributed by atoms with Gasteiger partial charge in [0, 0.05) is 11.9 Å². The van der Waals surface area contributed by atoms with E-state index in [2.05, 4.69) is 10.3 Å². The van der Waals surface area contributed by atoms with Crippen LogP contribution in [0.5, 0.6) is 0 Å². The molecule has 2 aliphatic rings. The molecule has 0 unspecified atom stereocenters. The minimum absolute atomic E-state index is 0.0803. The average Bonchev–Trinajstić information content (AvgIpc) is 2.83. The van der Waals surface area contributed by atoms with Crippen LogP contribution in [0.2, 0.25) is 0 Å². The van der Waals surface area contributed by atoms with Crippen LogP contribution in [0.3, 0.4) is 0 Å². The number of carbonyl (C=O) groups is 1. The Morgan fingerprint density at radius 1 is 1.45 bits per heavy atom. The molecule has 1 atom stereocenters. The highest BCUT2D eigenvalue weighted by atomic mass is 16.5. The summed E-state index contributed by atoms with van der Waals surface area (Å²) < 4.78 is 6.07. The third kappa shape index (κ3) is 2.83. The van der Waals surface area contributed by atoms with Crippen molar-refractivity contribution in [3.05, 3.63) is 29.6 Å². The molecule has 2 saturated heterocycles. The van der Waals surface area contributed by atoms with Crippen LogP contribution in [0.4, 0.5) is 0 Å². The van der Waals surface area contributed by atoms with Crippen LogP contribution in [0.1, 0.15) is 35.3 Å². The van der Waals surface area contributed by atoms with Crippen molar-refractivity contribution in [2.45, 2.75) is 31.3 Å². The number of pyridine rings is 1. The SMILES string of the molecule is O=C(O)c1ccc(C[C@H]2COC3(CCNCC3)C2)nc1. The maximum absolute atomic E-state index is 10.8.